The van der Waals surface area contributed by atoms with Crippen molar-refractivity contribution >= 4 is 29.4 Å². The molecule has 0 bridgehead atoms. The van der Waals surface area contributed by atoms with Crippen LogP contribution in [0.5, 0.6) is 0 Å². The Kier molecular flexibility index (Phi) is 4.69. The maximum absolute atomic E-state index is 12.6. The summed E-state index contributed by atoms with van der Waals surface area (Å²) in [5.74, 6) is 1.12. The summed E-state index contributed by atoms with van der Waals surface area (Å²) in [4.78, 5) is 26.5. The van der Waals surface area contributed by atoms with Crippen LogP contribution in [0.4, 0.5) is 5.69 Å². The molecule has 7 nitrogen and oxygen atoms in total. The molecule has 0 radical (unpaired) electrons. The van der Waals surface area contributed by atoms with Gasteiger partial charge in [-0.05, 0) is 49.1 Å². The largest absolute Gasteiger partial charge is 0.360 e. The van der Waals surface area contributed by atoms with Gasteiger partial charge in [0.15, 0.2) is 5.69 Å². The molecule has 2 fully saturated rings. The van der Waals surface area contributed by atoms with Crippen molar-refractivity contribution in [1.82, 2.24) is 14.4 Å². The lowest BCUT2D eigenvalue weighted by Gasteiger charge is -2.16. The molecule has 1 N–H and O–H groups in total. The molecule has 1 aliphatic heterocycles. The predicted octanol–water partition coefficient (Wildman–Crippen LogP) is 2.93. The summed E-state index contributed by atoms with van der Waals surface area (Å²) in [6.07, 6.45) is 2.25. The third kappa shape index (κ3) is 3.91. The average Bonchev–Trinajstić information content (AvgIpc) is 3.17. The molecule has 1 saturated carbocycles. The fourth-order valence-electron chi connectivity index (χ4n) is 2.87. The Labute approximate surface area is 155 Å². The molecule has 2 aliphatic rings. The fraction of sp³-hybridized carbons (Fsp3) is 0.389. The van der Waals surface area contributed by atoms with E-state index in [-0.39, 0.29) is 11.8 Å². The van der Waals surface area contributed by atoms with Gasteiger partial charge < -0.3 is 14.7 Å². The zero-order valence-electron chi connectivity index (χ0n) is 14.5. The molecule has 0 atom stereocenters. The lowest BCUT2D eigenvalue weighted by atomic mass is 10.2. The Morgan fingerprint density at radius 1 is 1.23 bits per heavy atom. The van der Waals surface area contributed by atoms with Crippen LogP contribution in [0.25, 0.3) is 0 Å². The van der Waals surface area contributed by atoms with Crippen LogP contribution in [-0.2, 0) is 4.79 Å². The Hall–Kier alpha value is -2.32. The number of nitrogens with zero attached hydrogens (tertiary/aromatic N) is 3. The first-order valence-corrected chi connectivity index (χ1v) is 9.42. The lowest BCUT2D eigenvalue weighted by Crippen LogP contribution is -2.29. The average molecular weight is 372 g/mol. The van der Waals surface area contributed by atoms with Gasteiger partial charge in [-0.1, -0.05) is 5.16 Å². The van der Waals surface area contributed by atoms with Crippen LogP contribution in [0, 0.1) is 0 Å². The molecule has 2 amide bonds. The predicted molar refractivity (Wildman–Crippen MR) is 97.7 cm³/mol. The zero-order valence-corrected chi connectivity index (χ0v) is 15.3. The molecule has 1 aromatic carbocycles. The van der Waals surface area contributed by atoms with Gasteiger partial charge in [-0.3, -0.25) is 9.59 Å². The number of aromatic nitrogens is 1. The SMILES string of the molecule is CC(=O)Nc1ccc(SN2CCN(C(=O)c3cc(C4CC4)on3)C2)cc1. The van der Waals surface area contributed by atoms with Crippen molar-refractivity contribution in [3.05, 3.63) is 41.8 Å². The first kappa shape index (κ1) is 17.1. The molecule has 2 heterocycles. The van der Waals surface area contributed by atoms with E-state index in [2.05, 4.69) is 14.8 Å². The summed E-state index contributed by atoms with van der Waals surface area (Å²) in [5, 5.41) is 6.69. The third-order valence-corrected chi connectivity index (χ3v) is 5.41. The van der Waals surface area contributed by atoms with Gasteiger partial charge in [0, 0.05) is 42.6 Å². The van der Waals surface area contributed by atoms with Crippen LogP contribution < -0.4 is 5.32 Å². The second-order valence-electron chi connectivity index (χ2n) is 6.60. The van der Waals surface area contributed by atoms with Gasteiger partial charge >= 0.3 is 0 Å². The number of nitrogens with one attached hydrogen (secondary N) is 1. The van der Waals surface area contributed by atoms with Crippen molar-refractivity contribution in [3.63, 3.8) is 0 Å². The lowest BCUT2D eigenvalue weighted by molar-refractivity contribution is -0.114. The number of amides is 2. The minimum Gasteiger partial charge on any atom is -0.360 e. The maximum Gasteiger partial charge on any atom is 0.277 e. The highest BCUT2D eigenvalue weighted by Gasteiger charge is 2.31. The summed E-state index contributed by atoms with van der Waals surface area (Å²) >= 11 is 1.60. The highest BCUT2D eigenvalue weighted by molar-refractivity contribution is 7.97. The van der Waals surface area contributed by atoms with Crippen molar-refractivity contribution in [3.8, 4) is 0 Å². The molecule has 0 spiro atoms. The van der Waals surface area contributed by atoms with E-state index in [9.17, 15) is 9.59 Å². The number of hydrogen-bond donors (Lipinski definition) is 1. The molecule has 136 valence electrons. The van der Waals surface area contributed by atoms with Gasteiger partial charge in [-0.15, -0.1) is 0 Å². The van der Waals surface area contributed by atoms with Crippen LogP contribution >= 0.6 is 11.9 Å². The minimum absolute atomic E-state index is 0.0789. The third-order valence-electron chi connectivity index (χ3n) is 4.37. The molecule has 26 heavy (non-hydrogen) atoms. The van der Waals surface area contributed by atoms with E-state index < -0.39 is 0 Å². The van der Waals surface area contributed by atoms with Gasteiger partial charge in [0.2, 0.25) is 5.91 Å². The Morgan fingerprint density at radius 3 is 2.69 bits per heavy atom. The van der Waals surface area contributed by atoms with Crippen molar-refractivity contribution in [2.45, 2.75) is 30.6 Å². The van der Waals surface area contributed by atoms with E-state index in [1.54, 1.807) is 22.9 Å². The molecule has 4 rings (SSSR count). The molecule has 1 aromatic heterocycles. The van der Waals surface area contributed by atoms with E-state index in [0.29, 0.717) is 24.8 Å². The Morgan fingerprint density at radius 2 is 2.00 bits per heavy atom. The smallest absolute Gasteiger partial charge is 0.277 e. The molecule has 8 heteroatoms. The normalized spacial score (nSPS) is 17.5. The van der Waals surface area contributed by atoms with Crippen LogP contribution in [0.2, 0.25) is 0 Å². The van der Waals surface area contributed by atoms with Crippen LogP contribution in [0.1, 0.15) is 41.9 Å². The maximum atomic E-state index is 12.6. The standard InChI is InChI=1S/C18H20N4O3S/c1-12(23)19-14-4-6-15(7-5-14)26-22-9-8-21(11-22)18(24)16-10-17(25-20-16)13-2-3-13/h4-7,10,13H,2-3,8-9,11H2,1H3,(H,19,23). The molecule has 0 unspecified atom stereocenters. The highest BCUT2D eigenvalue weighted by Crippen LogP contribution is 2.40. The van der Waals surface area contributed by atoms with Crippen LogP contribution in [0.15, 0.2) is 39.8 Å². The minimum atomic E-state index is -0.0863. The van der Waals surface area contributed by atoms with Crippen molar-refractivity contribution in [1.29, 1.82) is 0 Å². The topological polar surface area (TPSA) is 78.7 Å². The summed E-state index contributed by atoms with van der Waals surface area (Å²) in [6.45, 7) is 3.49. The number of anilines is 1. The van der Waals surface area contributed by atoms with Crippen molar-refractivity contribution < 1.29 is 14.1 Å². The highest BCUT2D eigenvalue weighted by atomic mass is 32.2. The molecular weight excluding hydrogens is 352 g/mol. The van der Waals surface area contributed by atoms with E-state index >= 15 is 0 Å². The number of hydrogen-bond acceptors (Lipinski definition) is 6. The zero-order chi connectivity index (χ0) is 18.1. The second kappa shape index (κ2) is 7.13. The summed E-state index contributed by atoms with van der Waals surface area (Å²) in [5.41, 5.74) is 1.18. The quantitative estimate of drug-likeness (QED) is 0.813. The number of rotatable bonds is 5. The molecule has 2 aromatic rings. The molecule has 1 aliphatic carbocycles. The number of carbonyl (C=O) groups is 2. The van der Waals surface area contributed by atoms with Gasteiger partial charge in [0.25, 0.3) is 5.91 Å². The van der Waals surface area contributed by atoms with Crippen LogP contribution in [-0.4, -0.2) is 45.9 Å². The van der Waals surface area contributed by atoms with E-state index in [1.165, 1.54) is 6.92 Å². The number of carbonyl (C=O) groups excluding carboxylic acids is 2. The second-order valence-corrected chi connectivity index (χ2v) is 7.77. The molecule has 1 saturated heterocycles. The Bertz CT molecular complexity index is 816. The number of benzene rings is 1. The summed E-state index contributed by atoms with van der Waals surface area (Å²) < 4.78 is 7.42. The van der Waals surface area contributed by atoms with E-state index in [0.717, 1.165) is 35.7 Å². The van der Waals surface area contributed by atoms with Gasteiger partial charge in [0.1, 0.15) is 5.76 Å². The fourth-order valence-corrected chi connectivity index (χ4v) is 3.79. The van der Waals surface area contributed by atoms with Gasteiger partial charge in [-0.25, -0.2) is 4.31 Å². The monoisotopic (exact) mass is 372 g/mol. The first-order valence-electron chi connectivity index (χ1n) is 8.65. The molecular formula is C18H20N4O3S. The van der Waals surface area contributed by atoms with Crippen LogP contribution in [0.3, 0.4) is 0 Å². The first-order chi connectivity index (χ1) is 12.6. The van der Waals surface area contributed by atoms with E-state index in [1.807, 2.05) is 24.3 Å². The van der Waals surface area contributed by atoms with Crippen molar-refractivity contribution in [2.24, 2.45) is 0 Å². The van der Waals surface area contributed by atoms with E-state index in [4.69, 9.17) is 4.52 Å². The summed E-state index contributed by atoms with van der Waals surface area (Å²) in [7, 11) is 0. The van der Waals surface area contributed by atoms with Crippen molar-refractivity contribution in [2.75, 3.05) is 25.1 Å². The van der Waals surface area contributed by atoms with Gasteiger partial charge in [-0.2, -0.15) is 0 Å². The summed E-state index contributed by atoms with van der Waals surface area (Å²) in [6, 6.07) is 9.45. The van der Waals surface area contributed by atoms with Gasteiger partial charge in [0.05, 0.1) is 6.67 Å². The Balaban J connectivity index is 1.32.